The number of hydrogen-bond acceptors (Lipinski definition) is 3. The SMILES string of the molecule is C[C@H](CCC1OC1(C)C)[C@H]1CC[C@H]2[C@@H]3C(O)C[C@@H]4CC(O)CC[C@]4(C)[C@H]3CC[C@]12C. The van der Waals surface area contributed by atoms with E-state index in [4.69, 9.17) is 4.74 Å². The van der Waals surface area contributed by atoms with Crippen LogP contribution in [0.1, 0.15) is 98.8 Å². The number of aliphatic hydroxyl groups is 2. The molecule has 0 radical (unpaired) electrons. The van der Waals surface area contributed by atoms with Crippen LogP contribution in [0.15, 0.2) is 0 Å². The molecule has 0 spiro atoms. The summed E-state index contributed by atoms with van der Waals surface area (Å²) in [5.74, 6) is 3.91. The Balaban J connectivity index is 1.32. The first-order valence-corrected chi connectivity index (χ1v) is 13.1. The molecular weight excluding hydrogens is 372 g/mol. The van der Waals surface area contributed by atoms with E-state index in [2.05, 4.69) is 34.6 Å². The van der Waals surface area contributed by atoms with E-state index in [1.54, 1.807) is 0 Å². The van der Waals surface area contributed by atoms with Crippen molar-refractivity contribution >= 4 is 0 Å². The fourth-order valence-corrected chi connectivity index (χ4v) is 9.53. The first-order chi connectivity index (χ1) is 14.1. The largest absolute Gasteiger partial charge is 0.393 e. The third kappa shape index (κ3) is 3.24. The van der Waals surface area contributed by atoms with Gasteiger partial charge in [0, 0.05) is 0 Å². The van der Waals surface area contributed by atoms with Gasteiger partial charge in [-0.15, -0.1) is 0 Å². The normalized spacial score (nSPS) is 55.3. The van der Waals surface area contributed by atoms with Crippen molar-refractivity contribution in [2.75, 3.05) is 0 Å². The molecule has 3 heteroatoms. The maximum Gasteiger partial charge on any atom is 0.0892 e. The predicted molar refractivity (Wildman–Crippen MR) is 120 cm³/mol. The van der Waals surface area contributed by atoms with Crippen LogP contribution in [0.5, 0.6) is 0 Å². The van der Waals surface area contributed by atoms with E-state index >= 15 is 0 Å². The third-order valence-corrected chi connectivity index (χ3v) is 11.5. The molecule has 30 heavy (non-hydrogen) atoms. The van der Waals surface area contributed by atoms with Gasteiger partial charge in [-0.05, 0) is 124 Å². The molecule has 2 N–H and O–H groups in total. The standard InChI is InChI=1S/C27H46O3/c1-16(6-9-23-25(2,3)30-23)19-7-8-20-24-21(11-13-27(19,20)5)26(4)12-10-18(28)14-17(26)15-22(24)29/h16-24,28-29H,6-15H2,1-5H3/t16-,17+,18?,19-,20+,21+,22?,23?,24+,26+,27-/m1/s1. The molecule has 0 aromatic heterocycles. The zero-order chi connectivity index (χ0) is 21.5. The summed E-state index contributed by atoms with van der Waals surface area (Å²) in [6.45, 7) is 12.0. The van der Waals surface area contributed by atoms with Crippen molar-refractivity contribution in [3.8, 4) is 0 Å². The minimum Gasteiger partial charge on any atom is -0.393 e. The molecule has 4 saturated carbocycles. The summed E-state index contributed by atoms with van der Waals surface area (Å²) >= 11 is 0. The topological polar surface area (TPSA) is 53.0 Å². The van der Waals surface area contributed by atoms with Gasteiger partial charge in [-0.3, -0.25) is 0 Å². The minimum atomic E-state index is -0.155. The van der Waals surface area contributed by atoms with Crippen molar-refractivity contribution in [3.05, 3.63) is 0 Å². The fourth-order valence-electron chi connectivity index (χ4n) is 9.53. The molecule has 3 nitrogen and oxygen atoms in total. The van der Waals surface area contributed by atoms with E-state index in [1.165, 1.54) is 38.5 Å². The van der Waals surface area contributed by atoms with Crippen LogP contribution in [0.4, 0.5) is 0 Å². The lowest BCUT2D eigenvalue weighted by Crippen LogP contribution is -2.58. The van der Waals surface area contributed by atoms with Crippen molar-refractivity contribution in [2.45, 2.75) is 123 Å². The molecule has 0 bridgehead atoms. The molecule has 172 valence electrons. The Morgan fingerprint density at radius 2 is 1.57 bits per heavy atom. The molecule has 4 aliphatic carbocycles. The molecule has 5 rings (SSSR count). The Bertz CT molecular complexity index is 660. The third-order valence-electron chi connectivity index (χ3n) is 11.5. The first kappa shape index (κ1) is 21.7. The van der Waals surface area contributed by atoms with Crippen molar-refractivity contribution in [3.63, 3.8) is 0 Å². The van der Waals surface area contributed by atoms with Gasteiger partial charge >= 0.3 is 0 Å². The summed E-state index contributed by atoms with van der Waals surface area (Å²) in [6.07, 6.45) is 11.9. The second-order valence-electron chi connectivity index (χ2n) is 13.2. The van der Waals surface area contributed by atoms with Gasteiger partial charge in [0.1, 0.15) is 0 Å². The van der Waals surface area contributed by atoms with Gasteiger partial charge in [-0.2, -0.15) is 0 Å². The van der Waals surface area contributed by atoms with E-state index in [0.717, 1.165) is 37.5 Å². The van der Waals surface area contributed by atoms with Crippen LogP contribution in [0, 0.1) is 46.3 Å². The summed E-state index contributed by atoms with van der Waals surface area (Å²) in [4.78, 5) is 0. The van der Waals surface area contributed by atoms with Crippen molar-refractivity contribution in [1.29, 1.82) is 0 Å². The average Bonchev–Trinajstić information content (AvgIpc) is 3.13. The lowest BCUT2D eigenvalue weighted by molar-refractivity contribution is -0.174. The van der Waals surface area contributed by atoms with Gasteiger partial charge in [-0.25, -0.2) is 0 Å². The average molecular weight is 419 g/mol. The summed E-state index contributed by atoms with van der Waals surface area (Å²) in [7, 11) is 0. The minimum absolute atomic E-state index is 0.117. The Hall–Kier alpha value is -0.120. The summed E-state index contributed by atoms with van der Waals surface area (Å²) in [6, 6.07) is 0. The molecule has 1 aliphatic heterocycles. The van der Waals surface area contributed by atoms with Gasteiger partial charge in [0.05, 0.1) is 23.9 Å². The van der Waals surface area contributed by atoms with Gasteiger partial charge < -0.3 is 14.9 Å². The van der Waals surface area contributed by atoms with Crippen molar-refractivity contribution in [2.24, 2.45) is 46.3 Å². The second-order valence-corrected chi connectivity index (χ2v) is 13.2. The number of epoxide rings is 1. The van der Waals surface area contributed by atoms with Gasteiger partial charge in [0.2, 0.25) is 0 Å². The highest BCUT2D eigenvalue weighted by Gasteiger charge is 2.63. The Labute approximate surface area is 184 Å². The zero-order valence-corrected chi connectivity index (χ0v) is 20.1. The quantitative estimate of drug-likeness (QED) is 0.587. The van der Waals surface area contributed by atoms with Crippen LogP contribution in [0.3, 0.4) is 0 Å². The Morgan fingerprint density at radius 3 is 2.27 bits per heavy atom. The Kier molecular flexibility index (Phi) is 5.20. The smallest absolute Gasteiger partial charge is 0.0892 e. The number of hydrogen-bond donors (Lipinski definition) is 2. The van der Waals surface area contributed by atoms with Crippen LogP contribution in [0.25, 0.3) is 0 Å². The van der Waals surface area contributed by atoms with Crippen LogP contribution in [0.2, 0.25) is 0 Å². The summed E-state index contributed by atoms with van der Waals surface area (Å²) in [5, 5.41) is 21.6. The first-order valence-electron chi connectivity index (χ1n) is 13.1. The van der Waals surface area contributed by atoms with E-state index in [1.807, 2.05) is 0 Å². The molecule has 1 heterocycles. The van der Waals surface area contributed by atoms with E-state index < -0.39 is 0 Å². The second kappa shape index (κ2) is 7.19. The van der Waals surface area contributed by atoms with Crippen molar-refractivity contribution in [1.82, 2.24) is 0 Å². The van der Waals surface area contributed by atoms with E-state index in [9.17, 15) is 10.2 Å². The lowest BCUT2D eigenvalue weighted by Gasteiger charge is -2.62. The fraction of sp³-hybridized carbons (Fsp3) is 1.00. The van der Waals surface area contributed by atoms with E-state index in [-0.39, 0.29) is 17.8 Å². The Morgan fingerprint density at radius 1 is 0.900 bits per heavy atom. The van der Waals surface area contributed by atoms with Crippen molar-refractivity contribution < 1.29 is 14.9 Å². The maximum atomic E-state index is 11.4. The summed E-state index contributed by atoms with van der Waals surface area (Å²) in [5.41, 5.74) is 0.855. The number of fused-ring (bicyclic) bond motifs is 5. The van der Waals surface area contributed by atoms with Crippen LogP contribution < -0.4 is 0 Å². The van der Waals surface area contributed by atoms with Gasteiger partial charge in [-0.1, -0.05) is 20.8 Å². The van der Waals surface area contributed by atoms with Crippen LogP contribution in [-0.2, 0) is 4.74 Å². The molecule has 0 aromatic carbocycles. The molecule has 3 unspecified atom stereocenters. The number of aliphatic hydroxyl groups excluding tert-OH is 2. The maximum absolute atomic E-state index is 11.4. The van der Waals surface area contributed by atoms with Crippen LogP contribution in [-0.4, -0.2) is 34.1 Å². The van der Waals surface area contributed by atoms with Crippen LogP contribution >= 0.6 is 0 Å². The van der Waals surface area contributed by atoms with E-state index in [0.29, 0.717) is 40.6 Å². The molecule has 0 aromatic rings. The lowest BCUT2D eigenvalue weighted by atomic mass is 9.43. The molecule has 5 aliphatic rings. The molecule has 0 amide bonds. The number of rotatable bonds is 4. The monoisotopic (exact) mass is 418 g/mol. The number of ether oxygens (including phenoxy) is 1. The highest BCUT2D eigenvalue weighted by molar-refractivity contribution is 5.12. The predicted octanol–water partition coefficient (Wildman–Crippen LogP) is 5.57. The molecule has 11 atom stereocenters. The summed E-state index contributed by atoms with van der Waals surface area (Å²) < 4.78 is 5.85. The van der Waals surface area contributed by atoms with Gasteiger partial charge in [0.25, 0.3) is 0 Å². The van der Waals surface area contributed by atoms with Gasteiger partial charge in [0.15, 0.2) is 0 Å². The highest BCUT2D eigenvalue weighted by Crippen LogP contribution is 2.68. The molecular formula is C27H46O3. The molecule has 5 fully saturated rings. The highest BCUT2D eigenvalue weighted by atomic mass is 16.6. The zero-order valence-electron chi connectivity index (χ0n) is 20.1. The molecule has 1 saturated heterocycles.